The number of methoxy groups -OCH3 is 1. The molecule has 1 heterocycles. The highest BCUT2D eigenvalue weighted by atomic mass is 32.2. The van der Waals surface area contributed by atoms with Crippen LogP contribution in [0.2, 0.25) is 0 Å². The summed E-state index contributed by atoms with van der Waals surface area (Å²) in [6.07, 6.45) is 0.545. The summed E-state index contributed by atoms with van der Waals surface area (Å²) in [4.78, 5) is 12.9. The minimum Gasteiger partial charge on any atom is -0.495 e. The molecule has 0 aliphatic heterocycles. The maximum Gasteiger partial charge on any atom is 0.263 e. The van der Waals surface area contributed by atoms with Gasteiger partial charge >= 0.3 is 0 Å². The molecule has 0 fully saturated rings. The Hall–Kier alpha value is -3.50. The summed E-state index contributed by atoms with van der Waals surface area (Å²) in [6, 6.07) is 17.9. The standard InChI is InChI=1S/C25H26N4O4S2/c1-16(2)24-27-28-25(34-24)29-35(31,32)19-11-8-17(9-12-19)14-15-26-23(30)21-13-10-18-6-4-5-7-20(18)22(21)33-3/h4-13,16H,14-15H2,1-3H3,(H,26,30)(H,28,29). The van der Waals surface area contributed by atoms with Crippen LogP contribution in [0.1, 0.15) is 40.7 Å². The highest BCUT2D eigenvalue weighted by Crippen LogP contribution is 2.29. The van der Waals surface area contributed by atoms with E-state index in [0.29, 0.717) is 24.3 Å². The van der Waals surface area contributed by atoms with Gasteiger partial charge in [0, 0.05) is 17.8 Å². The number of hydrogen-bond acceptors (Lipinski definition) is 7. The number of carbonyl (C=O) groups excluding carboxylic acids is 1. The van der Waals surface area contributed by atoms with Crippen molar-refractivity contribution >= 4 is 43.2 Å². The predicted molar refractivity (Wildman–Crippen MR) is 138 cm³/mol. The van der Waals surface area contributed by atoms with E-state index in [1.54, 1.807) is 25.3 Å². The molecule has 0 aliphatic rings. The number of ether oxygens (including phenoxy) is 1. The van der Waals surface area contributed by atoms with Crippen molar-refractivity contribution in [3.63, 3.8) is 0 Å². The molecule has 35 heavy (non-hydrogen) atoms. The lowest BCUT2D eigenvalue weighted by Gasteiger charge is -2.12. The van der Waals surface area contributed by atoms with E-state index in [9.17, 15) is 13.2 Å². The van der Waals surface area contributed by atoms with E-state index in [-0.39, 0.29) is 21.9 Å². The number of sulfonamides is 1. The first-order valence-electron chi connectivity index (χ1n) is 11.1. The molecule has 1 aromatic heterocycles. The fourth-order valence-corrected chi connectivity index (χ4v) is 5.55. The van der Waals surface area contributed by atoms with Gasteiger partial charge in [0.2, 0.25) is 5.13 Å². The Bertz CT molecular complexity index is 1450. The van der Waals surface area contributed by atoms with E-state index < -0.39 is 10.0 Å². The first kappa shape index (κ1) is 24.6. The zero-order chi connectivity index (χ0) is 25.0. The van der Waals surface area contributed by atoms with Gasteiger partial charge in [0.1, 0.15) is 10.8 Å². The summed E-state index contributed by atoms with van der Waals surface area (Å²) in [6.45, 7) is 4.33. The fourth-order valence-electron chi connectivity index (χ4n) is 3.58. The first-order valence-corrected chi connectivity index (χ1v) is 13.4. The second-order valence-corrected chi connectivity index (χ2v) is 10.9. The first-order chi connectivity index (χ1) is 16.8. The third-order valence-corrected chi connectivity index (χ3v) is 8.04. The van der Waals surface area contributed by atoms with Crippen LogP contribution in [0.5, 0.6) is 5.75 Å². The number of rotatable bonds is 9. The van der Waals surface area contributed by atoms with Gasteiger partial charge in [0.15, 0.2) is 0 Å². The lowest BCUT2D eigenvalue weighted by atomic mass is 10.0. The van der Waals surface area contributed by atoms with Crippen LogP contribution in [-0.4, -0.2) is 38.2 Å². The highest BCUT2D eigenvalue weighted by molar-refractivity contribution is 7.93. The molecule has 4 aromatic rings. The van der Waals surface area contributed by atoms with E-state index >= 15 is 0 Å². The zero-order valence-corrected chi connectivity index (χ0v) is 21.2. The Morgan fingerprint density at radius 2 is 1.77 bits per heavy atom. The van der Waals surface area contributed by atoms with Crippen LogP contribution >= 0.6 is 11.3 Å². The van der Waals surface area contributed by atoms with Crippen molar-refractivity contribution in [2.45, 2.75) is 31.1 Å². The van der Waals surface area contributed by atoms with Crippen molar-refractivity contribution in [2.75, 3.05) is 18.4 Å². The van der Waals surface area contributed by atoms with Gasteiger partial charge in [-0.15, -0.1) is 10.2 Å². The van der Waals surface area contributed by atoms with Crippen LogP contribution in [0.3, 0.4) is 0 Å². The molecule has 0 atom stereocenters. The molecule has 3 aromatic carbocycles. The van der Waals surface area contributed by atoms with Crippen molar-refractivity contribution in [1.29, 1.82) is 0 Å². The molecule has 1 amide bonds. The van der Waals surface area contributed by atoms with Crippen molar-refractivity contribution in [3.8, 4) is 5.75 Å². The van der Waals surface area contributed by atoms with Crippen LogP contribution in [0.4, 0.5) is 5.13 Å². The molecule has 0 unspecified atom stereocenters. The molecule has 10 heteroatoms. The van der Waals surface area contributed by atoms with Crippen LogP contribution in [-0.2, 0) is 16.4 Å². The maximum atomic E-state index is 12.8. The summed E-state index contributed by atoms with van der Waals surface area (Å²) in [7, 11) is -2.21. The Kier molecular flexibility index (Phi) is 7.32. The second-order valence-electron chi connectivity index (χ2n) is 8.22. The molecule has 0 radical (unpaired) electrons. The number of anilines is 1. The summed E-state index contributed by atoms with van der Waals surface area (Å²) in [5.74, 6) is 0.486. The van der Waals surface area contributed by atoms with Gasteiger partial charge in [-0.3, -0.25) is 9.52 Å². The van der Waals surface area contributed by atoms with Crippen LogP contribution in [0.15, 0.2) is 65.6 Å². The molecular weight excluding hydrogens is 484 g/mol. The number of amides is 1. The van der Waals surface area contributed by atoms with Gasteiger partial charge in [-0.05, 0) is 35.6 Å². The van der Waals surface area contributed by atoms with Crippen molar-refractivity contribution < 1.29 is 17.9 Å². The third kappa shape index (κ3) is 5.60. The Morgan fingerprint density at radius 1 is 1.03 bits per heavy atom. The molecule has 4 rings (SSSR count). The highest BCUT2D eigenvalue weighted by Gasteiger charge is 2.18. The van der Waals surface area contributed by atoms with Gasteiger partial charge < -0.3 is 10.1 Å². The summed E-state index contributed by atoms with van der Waals surface area (Å²) >= 11 is 1.22. The van der Waals surface area contributed by atoms with Crippen molar-refractivity contribution in [2.24, 2.45) is 0 Å². The molecule has 8 nitrogen and oxygen atoms in total. The van der Waals surface area contributed by atoms with Gasteiger partial charge in [0.05, 0.1) is 17.6 Å². The van der Waals surface area contributed by atoms with Gasteiger partial charge in [-0.2, -0.15) is 0 Å². The van der Waals surface area contributed by atoms with E-state index in [1.807, 2.05) is 44.2 Å². The number of carbonyl (C=O) groups is 1. The quantitative estimate of drug-likeness (QED) is 0.341. The summed E-state index contributed by atoms with van der Waals surface area (Å²) in [5.41, 5.74) is 1.36. The zero-order valence-electron chi connectivity index (χ0n) is 19.6. The second kappa shape index (κ2) is 10.4. The van der Waals surface area contributed by atoms with Gasteiger partial charge in [0.25, 0.3) is 15.9 Å². The third-order valence-electron chi connectivity index (χ3n) is 5.42. The minimum absolute atomic E-state index is 0.132. The smallest absolute Gasteiger partial charge is 0.263 e. The van der Waals surface area contributed by atoms with Crippen LogP contribution < -0.4 is 14.8 Å². The summed E-state index contributed by atoms with van der Waals surface area (Å²) in [5, 5.41) is 13.7. The van der Waals surface area contributed by atoms with E-state index in [0.717, 1.165) is 21.3 Å². The number of nitrogens with one attached hydrogen (secondary N) is 2. The van der Waals surface area contributed by atoms with E-state index in [2.05, 4.69) is 20.2 Å². The number of nitrogens with zero attached hydrogens (tertiary/aromatic N) is 2. The molecule has 0 bridgehead atoms. The van der Waals surface area contributed by atoms with Gasteiger partial charge in [-0.25, -0.2) is 8.42 Å². The fraction of sp³-hybridized carbons (Fsp3) is 0.240. The summed E-state index contributed by atoms with van der Waals surface area (Å²) < 4.78 is 33.3. The normalized spacial score (nSPS) is 11.5. The van der Waals surface area contributed by atoms with Crippen molar-refractivity contribution in [1.82, 2.24) is 15.5 Å². The van der Waals surface area contributed by atoms with Gasteiger partial charge in [-0.1, -0.05) is 67.6 Å². The van der Waals surface area contributed by atoms with Crippen LogP contribution in [0, 0.1) is 0 Å². The SMILES string of the molecule is COc1c(C(=O)NCCc2ccc(S(=O)(=O)Nc3nnc(C(C)C)s3)cc2)ccc2ccccc12. The van der Waals surface area contributed by atoms with E-state index in [4.69, 9.17) is 4.74 Å². The molecule has 182 valence electrons. The molecular formula is C25H26N4O4S2. The molecule has 2 N–H and O–H groups in total. The van der Waals surface area contributed by atoms with Crippen LogP contribution in [0.25, 0.3) is 10.8 Å². The molecule has 0 spiro atoms. The molecule has 0 saturated heterocycles. The average molecular weight is 511 g/mol. The van der Waals surface area contributed by atoms with E-state index in [1.165, 1.54) is 23.5 Å². The van der Waals surface area contributed by atoms with Crippen molar-refractivity contribution in [3.05, 3.63) is 76.8 Å². The average Bonchev–Trinajstić information content (AvgIpc) is 3.31. The maximum absolute atomic E-state index is 12.8. The Labute approximate surface area is 208 Å². The minimum atomic E-state index is -3.76. The lowest BCUT2D eigenvalue weighted by molar-refractivity contribution is 0.0951. The number of aromatic nitrogens is 2. The number of benzene rings is 3. The topological polar surface area (TPSA) is 110 Å². The Balaban J connectivity index is 1.37. The Morgan fingerprint density at radius 3 is 2.46 bits per heavy atom. The largest absolute Gasteiger partial charge is 0.495 e. The monoisotopic (exact) mass is 510 g/mol. The molecule has 0 saturated carbocycles. The molecule has 0 aliphatic carbocycles. The number of fused-ring (bicyclic) bond motifs is 1. The number of hydrogen-bond donors (Lipinski definition) is 2. The lowest BCUT2D eigenvalue weighted by Crippen LogP contribution is -2.26. The predicted octanol–water partition coefficient (Wildman–Crippen LogP) is 4.60.